The molecule has 1 aromatic carbocycles. The van der Waals surface area contributed by atoms with Gasteiger partial charge in [0.05, 0.1) is 12.1 Å². The van der Waals surface area contributed by atoms with E-state index >= 15 is 0 Å². The van der Waals surface area contributed by atoms with Crippen molar-refractivity contribution in [2.24, 2.45) is 11.7 Å². The summed E-state index contributed by atoms with van der Waals surface area (Å²) < 4.78 is 0.915. The summed E-state index contributed by atoms with van der Waals surface area (Å²) in [6.45, 7) is 4.01. The standard InChI is InChI=1S/C12H17BrClNO/c1-3-7(2)12(16)11(15)9-6-8(13)4-5-10(9)14/h4-7,11-12,16H,3,15H2,1-2H3/t7?,11-,12+/m0/s1. The van der Waals surface area contributed by atoms with Crippen molar-refractivity contribution in [3.63, 3.8) is 0 Å². The number of aliphatic hydroxyl groups is 1. The molecular weight excluding hydrogens is 289 g/mol. The quantitative estimate of drug-likeness (QED) is 0.894. The van der Waals surface area contributed by atoms with E-state index in [1.807, 2.05) is 26.0 Å². The number of rotatable bonds is 4. The lowest BCUT2D eigenvalue weighted by Crippen LogP contribution is -2.31. The van der Waals surface area contributed by atoms with Crippen molar-refractivity contribution in [1.82, 2.24) is 0 Å². The van der Waals surface area contributed by atoms with Gasteiger partial charge in [0.1, 0.15) is 0 Å². The van der Waals surface area contributed by atoms with Gasteiger partial charge in [-0.1, -0.05) is 47.8 Å². The third kappa shape index (κ3) is 3.20. The molecule has 0 bridgehead atoms. The van der Waals surface area contributed by atoms with Gasteiger partial charge in [0, 0.05) is 9.50 Å². The van der Waals surface area contributed by atoms with E-state index in [-0.39, 0.29) is 5.92 Å². The lowest BCUT2D eigenvalue weighted by molar-refractivity contribution is 0.0880. The van der Waals surface area contributed by atoms with Crippen LogP contribution in [0.25, 0.3) is 0 Å². The summed E-state index contributed by atoms with van der Waals surface area (Å²) in [5, 5.41) is 10.7. The normalized spacial score (nSPS) is 16.9. The molecule has 0 amide bonds. The van der Waals surface area contributed by atoms with Crippen molar-refractivity contribution < 1.29 is 5.11 Å². The van der Waals surface area contributed by atoms with Crippen LogP contribution in [-0.2, 0) is 0 Å². The van der Waals surface area contributed by atoms with Gasteiger partial charge < -0.3 is 10.8 Å². The van der Waals surface area contributed by atoms with Crippen LogP contribution in [0.2, 0.25) is 5.02 Å². The van der Waals surface area contributed by atoms with Gasteiger partial charge in [-0.2, -0.15) is 0 Å². The minimum absolute atomic E-state index is 0.157. The van der Waals surface area contributed by atoms with E-state index < -0.39 is 12.1 Å². The molecule has 0 heterocycles. The van der Waals surface area contributed by atoms with Gasteiger partial charge in [-0.3, -0.25) is 0 Å². The summed E-state index contributed by atoms with van der Waals surface area (Å²) in [5.74, 6) is 0.157. The van der Waals surface area contributed by atoms with E-state index in [2.05, 4.69) is 15.9 Å². The SMILES string of the molecule is CCC(C)[C@@H](O)[C@@H](N)c1cc(Br)ccc1Cl. The number of aliphatic hydroxyl groups excluding tert-OH is 1. The minimum Gasteiger partial charge on any atom is -0.391 e. The molecule has 16 heavy (non-hydrogen) atoms. The Labute approximate surface area is 110 Å². The molecule has 0 saturated heterocycles. The van der Waals surface area contributed by atoms with E-state index in [9.17, 15) is 5.11 Å². The first-order chi connectivity index (χ1) is 7.47. The number of halogens is 2. The summed E-state index contributed by atoms with van der Waals surface area (Å²) in [6, 6.07) is 5.05. The first kappa shape index (κ1) is 14.0. The van der Waals surface area contributed by atoms with E-state index in [1.54, 1.807) is 6.07 Å². The molecule has 4 heteroatoms. The lowest BCUT2D eigenvalue weighted by Gasteiger charge is -2.25. The Balaban J connectivity index is 2.95. The van der Waals surface area contributed by atoms with Crippen molar-refractivity contribution in [3.05, 3.63) is 33.3 Å². The zero-order valence-corrected chi connectivity index (χ0v) is 11.8. The van der Waals surface area contributed by atoms with Crippen LogP contribution in [0, 0.1) is 5.92 Å². The predicted molar refractivity (Wildman–Crippen MR) is 71.5 cm³/mol. The van der Waals surface area contributed by atoms with Crippen LogP contribution in [-0.4, -0.2) is 11.2 Å². The van der Waals surface area contributed by atoms with E-state index in [4.69, 9.17) is 17.3 Å². The summed E-state index contributed by atoms with van der Waals surface area (Å²) in [5.41, 5.74) is 6.81. The van der Waals surface area contributed by atoms with Gasteiger partial charge >= 0.3 is 0 Å². The minimum atomic E-state index is -0.572. The molecule has 0 aromatic heterocycles. The number of nitrogens with two attached hydrogens (primary N) is 1. The van der Waals surface area contributed by atoms with Crippen molar-refractivity contribution in [2.45, 2.75) is 32.4 Å². The van der Waals surface area contributed by atoms with Crippen LogP contribution in [0.5, 0.6) is 0 Å². The maximum Gasteiger partial charge on any atom is 0.0758 e. The highest BCUT2D eigenvalue weighted by molar-refractivity contribution is 9.10. The Kier molecular flexibility index (Phi) is 5.25. The van der Waals surface area contributed by atoms with Gasteiger partial charge in [-0.15, -0.1) is 0 Å². The molecule has 90 valence electrons. The smallest absolute Gasteiger partial charge is 0.0758 e. The molecule has 0 aliphatic rings. The van der Waals surface area contributed by atoms with Crippen LogP contribution < -0.4 is 5.73 Å². The zero-order chi connectivity index (χ0) is 12.3. The predicted octanol–water partition coefficient (Wildman–Crippen LogP) is 3.51. The third-order valence-electron chi connectivity index (χ3n) is 2.91. The average molecular weight is 307 g/mol. The largest absolute Gasteiger partial charge is 0.391 e. The Morgan fingerprint density at radius 1 is 1.50 bits per heavy atom. The Morgan fingerprint density at radius 3 is 2.69 bits per heavy atom. The molecule has 1 rings (SSSR count). The first-order valence-electron chi connectivity index (χ1n) is 5.36. The fourth-order valence-electron chi connectivity index (χ4n) is 1.55. The molecule has 2 nitrogen and oxygen atoms in total. The Morgan fingerprint density at radius 2 is 2.12 bits per heavy atom. The molecule has 3 N–H and O–H groups in total. The second-order valence-electron chi connectivity index (χ2n) is 4.07. The van der Waals surface area contributed by atoms with Gasteiger partial charge in [-0.25, -0.2) is 0 Å². The van der Waals surface area contributed by atoms with Crippen molar-refractivity contribution in [3.8, 4) is 0 Å². The third-order valence-corrected chi connectivity index (χ3v) is 3.75. The number of hydrogen-bond donors (Lipinski definition) is 2. The van der Waals surface area contributed by atoms with Crippen LogP contribution in [0.4, 0.5) is 0 Å². The van der Waals surface area contributed by atoms with Gasteiger partial charge in [-0.05, 0) is 29.7 Å². The van der Waals surface area contributed by atoms with Crippen LogP contribution >= 0.6 is 27.5 Å². The van der Waals surface area contributed by atoms with Crippen molar-refractivity contribution >= 4 is 27.5 Å². The molecule has 0 spiro atoms. The molecule has 1 aromatic rings. The van der Waals surface area contributed by atoms with Crippen molar-refractivity contribution in [2.75, 3.05) is 0 Å². The molecule has 0 aliphatic carbocycles. The van der Waals surface area contributed by atoms with E-state index in [0.29, 0.717) is 5.02 Å². The highest BCUT2D eigenvalue weighted by Crippen LogP contribution is 2.29. The average Bonchev–Trinajstić information content (AvgIpc) is 2.29. The Hall–Kier alpha value is -0.0900. The second-order valence-corrected chi connectivity index (χ2v) is 5.39. The summed E-state index contributed by atoms with van der Waals surface area (Å²) in [4.78, 5) is 0. The Bertz CT molecular complexity index is 359. The first-order valence-corrected chi connectivity index (χ1v) is 6.53. The molecule has 0 saturated carbocycles. The van der Waals surface area contributed by atoms with Crippen LogP contribution in [0.3, 0.4) is 0 Å². The molecule has 3 atom stereocenters. The fraction of sp³-hybridized carbons (Fsp3) is 0.500. The molecular formula is C12H17BrClNO. The van der Waals surface area contributed by atoms with Gasteiger partial charge in [0.2, 0.25) is 0 Å². The summed E-state index contributed by atoms with van der Waals surface area (Å²) >= 11 is 9.44. The number of benzene rings is 1. The second kappa shape index (κ2) is 6.01. The molecule has 1 unspecified atom stereocenters. The van der Waals surface area contributed by atoms with Crippen molar-refractivity contribution in [1.29, 1.82) is 0 Å². The fourth-order valence-corrected chi connectivity index (χ4v) is 2.17. The summed E-state index contributed by atoms with van der Waals surface area (Å²) in [7, 11) is 0. The monoisotopic (exact) mass is 305 g/mol. The highest BCUT2D eigenvalue weighted by Gasteiger charge is 2.23. The van der Waals surface area contributed by atoms with Gasteiger partial charge in [0.25, 0.3) is 0 Å². The lowest BCUT2D eigenvalue weighted by atomic mass is 9.91. The maximum atomic E-state index is 10.1. The van der Waals surface area contributed by atoms with Crippen LogP contribution in [0.1, 0.15) is 31.9 Å². The zero-order valence-electron chi connectivity index (χ0n) is 9.45. The maximum absolute atomic E-state index is 10.1. The summed E-state index contributed by atoms with van der Waals surface area (Å²) in [6.07, 6.45) is 0.317. The van der Waals surface area contributed by atoms with Gasteiger partial charge in [0.15, 0.2) is 0 Å². The topological polar surface area (TPSA) is 46.2 Å². The van der Waals surface area contributed by atoms with Crippen LogP contribution in [0.15, 0.2) is 22.7 Å². The number of hydrogen-bond acceptors (Lipinski definition) is 2. The molecule has 0 aliphatic heterocycles. The van der Waals surface area contributed by atoms with E-state index in [1.165, 1.54) is 0 Å². The molecule has 0 radical (unpaired) electrons. The highest BCUT2D eigenvalue weighted by atomic mass is 79.9. The molecule has 0 fully saturated rings. The van der Waals surface area contributed by atoms with E-state index in [0.717, 1.165) is 16.5 Å².